The van der Waals surface area contributed by atoms with Crippen LogP contribution in [0.1, 0.15) is 5.56 Å². The van der Waals surface area contributed by atoms with Crippen molar-refractivity contribution in [2.45, 2.75) is 0 Å². The zero-order chi connectivity index (χ0) is 22.0. The van der Waals surface area contributed by atoms with Gasteiger partial charge in [-0.1, -0.05) is 70.5 Å². The first-order valence-electron chi connectivity index (χ1n) is 9.42. The Morgan fingerprint density at radius 1 is 0.839 bits per heavy atom. The molecule has 0 aromatic heterocycles. The molecule has 0 unspecified atom stereocenters. The molecular weight excluding hydrogens is 474 g/mol. The lowest BCUT2D eigenvalue weighted by atomic mass is 9.94. The van der Waals surface area contributed by atoms with Crippen LogP contribution in [-0.2, 0) is 10.0 Å². The number of nitrogens with zero attached hydrogens (tertiary/aromatic N) is 1. The summed E-state index contributed by atoms with van der Waals surface area (Å²) in [7, 11) is -3.62. The first-order chi connectivity index (χ1) is 14.8. The van der Waals surface area contributed by atoms with E-state index in [2.05, 4.69) is 27.9 Å². The lowest BCUT2D eigenvalue weighted by Gasteiger charge is -2.15. The highest BCUT2D eigenvalue weighted by Crippen LogP contribution is 2.35. The number of benzene rings is 4. The third-order valence-electron chi connectivity index (χ3n) is 4.78. The summed E-state index contributed by atoms with van der Waals surface area (Å²) >= 11 is 3.37. The number of phenolic OH excluding ortho intramolecular Hbond substituents is 1. The monoisotopic (exact) mass is 491 g/mol. The molecule has 4 nitrogen and oxygen atoms in total. The van der Waals surface area contributed by atoms with E-state index in [1.54, 1.807) is 24.3 Å². The van der Waals surface area contributed by atoms with Crippen molar-refractivity contribution in [3.05, 3.63) is 95.0 Å². The number of anilines is 1. The molecule has 4 aromatic rings. The van der Waals surface area contributed by atoms with E-state index in [0.29, 0.717) is 11.3 Å². The van der Waals surface area contributed by atoms with Gasteiger partial charge in [0.2, 0.25) is 10.0 Å². The van der Waals surface area contributed by atoms with Crippen molar-refractivity contribution in [2.24, 2.45) is 0 Å². The van der Waals surface area contributed by atoms with E-state index >= 15 is 0 Å². The summed E-state index contributed by atoms with van der Waals surface area (Å²) in [5, 5.41) is 11.9. The summed E-state index contributed by atoms with van der Waals surface area (Å²) in [5.74, 6) is 3.24. The van der Waals surface area contributed by atoms with Crippen LogP contribution < -0.4 is 4.31 Å². The predicted molar refractivity (Wildman–Crippen MR) is 129 cm³/mol. The van der Waals surface area contributed by atoms with Gasteiger partial charge in [-0.15, -0.1) is 0 Å². The second kappa shape index (κ2) is 8.46. The molecule has 0 heterocycles. The minimum Gasteiger partial charge on any atom is -0.507 e. The van der Waals surface area contributed by atoms with Gasteiger partial charge in [-0.3, -0.25) is 0 Å². The molecule has 0 radical (unpaired) electrons. The average molecular weight is 492 g/mol. The number of phenols is 1. The van der Waals surface area contributed by atoms with Crippen molar-refractivity contribution in [3.8, 4) is 28.8 Å². The summed E-state index contributed by atoms with van der Waals surface area (Å²) in [6.07, 6.45) is 1.13. The van der Waals surface area contributed by atoms with E-state index in [0.717, 1.165) is 36.9 Å². The van der Waals surface area contributed by atoms with Crippen LogP contribution in [0.2, 0.25) is 0 Å². The van der Waals surface area contributed by atoms with E-state index in [1.807, 2.05) is 60.7 Å². The van der Waals surface area contributed by atoms with Crippen LogP contribution in [0.25, 0.3) is 21.9 Å². The van der Waals surface area contributed by atoms with Gasteiger partial charge < -0.3 is 5.11 Å². The molecule has 1 N–H and O–H groups in total. The smallest absolute Gasteiger partial charge is 0.243 e. The number of halogens is 1. The third-order valence-corrected chi connectivity index (χ3v) is 6.24. The Morgan fingerprint density at radius 3 is 2.29 bits per heavy atom. The van der Waals surface area contributed by atoms with E-state index in [9.17, 15) is 13.5 Å². The van der Waals surface area contributed by atoms with Gasteiger partial charge in [-0.2, -0.15) is 4.31 Å². The van der Waals surface area contributed by atoms with E-state index in [4.69, 9.17) is 0 Å². The van der Waals surface area contributed by atoms with Crippen LogP contribution in [0.3, 0.4) is 0 Å². The zero-order valence-electron chi connectivity index (χ0n) is 16.6. The molecule has 0 saturated heterocycles. The molecule has 0 spiro atoms. The number of fused-ring (bicyclic) bond motifs is 1. The van der Waals surface area contributed by atoms with Crippen molar-refractivity contribution in [1.29, 1.82) is 0 Å². The maximum Gasteiger partial charge on any atom is 0.243 e. The van der Waals surface area contributed by atoms with Crippen LogP contribution in [0.5, 0.6) is 5.75 Å². The number of sulfonamides is 1. The van der Waals surface area contributed by atoms with Crippen LogP contribution >= 0.6 is 15.9 Å². The molecular formula is C25H18BrNO3S. The van der Waals surface area contributed by atoms with E-state index in [1.165, 1.54) is 0 Å². The summed E-state index contributed by atoms with van der Waals surface area (Å²) in [6, 6.07) is 28.5. The highest BCUT2D eigenvalue weighted by molar-refractivity contribution is 9.10. The molecule has 0 saturated carbocycles. The van der Waals surface area contributed by atoms with Crippen LogP contribution in [0.4, 0.5) is 5.69 Å². The van der Waals surface area contributed by atoms with Crippen molar-refractivity contribution < 1.29 is 13.5 Å². The highest BCUT2D eigenvalue weighted by Gasteiger charge is 2.16. The first kappa shape index (κ1) is 21.0. The van der Waals surface area contributed by atoms with E-state index < -0.39 is 10.0 Å². The fourth-order valence-corrected chi connectivity index (χ4v) is 4.49. The van der Waals surface area contributed by atoms with Gasteiger partial charge in [0.1, 0.15) is 5.75 Å². The number of hydrogen-bond donors (Lipinski definition) is 1. The maximum absolute atomic E-state index is 12.4. The predicted octanol–water partition coefficient (Wildman–Crippen LogP) is 5.75. The van der Waals surface area contributed by atoms with Gasteiger partial charge in [-0.25, -0.2) is 8.42 Å². The van der Waals surface area contributed by atoms with Crippen LogP contribution in [0.15, 0.2) is 89.4 Å². The Morgan fingerprint density at radius 2 is 1.55 bits per heavy atom. The van der Waals surface area contributed by atoms with Crippen molar-refractivity contribution in [3.63, 3.8) is 0 Å². The Balaban J connectivity index is 1.87. The molecule has 4 rings (SSSR count). The highest BCUT2D eigenvalue weighted by atomic mass is 79.9. The molecule has 154 valence electrons. The van der Waals surface area contributed by atoms with Crippen LogP contribution in [0, 0.1) is 12.0 Å². The fraction of sp³-hybridized carbons (Fsp3) is 0.0400. The molecule has 0 amide bonds. The average Bonchev–Trinajstić information content (AvgIpc) is 2.74. The molecule has 0 aliphatic rings. The molecule has 0 bridgehead atoms. The Labute approximate surface area is 190 Å². The van der Waals surface area contributed by atoms with Gasteiger partial charge >= 0.3 is 0 Å². The minimum absolute atomic E-state index is 0.209. The van der Waals surface area contributed by atoms with Crippen molar-refractivity contribution >= 4 is 42.4 Å². The fourth-order valence-electron chi connectivity index (χ4n) is 3.40. The van der Waals surface area contributed by atoms with Gasteiger partial charge in [0.05, 0.1) is 11.9 Å². The quantitative estimate of drug-likeness (QED) is 0.293. The Hall–Kier alpha value is -3.27. The summed E-state index contributed by atoms with van der Waals surface area (Å²) in [6.45, 7) is 0. The molecule has 0 fully saturated rings. The second-order valence-electron chi connectivity index (χ2n) is 6.97. The van der Waals surface area contributed by atoms with Gasteiger partial charge in [0.25, 0.3) is 0 Å². The van der Waals surface area contributed by atoms with Crippen LogP contribution in [-0.4, -0.2) is 19.8 Å². The molecule has 31 heavy (non-hydrogen) atoms. The first-order valence-corrected chi connectivity index (χ1v) is 12.1. The second-order valence-corrected chi connectivity index (χ2v) is 9.71. The molecule has 6 heteroatoms. The summed E-state index contributed by atoms with van der Waals surface area (Å²) in [5.41, 5.74) is 2.90. The van der Waals surface area contributed by atoms with Crippen molar-refractivity contribution in [1.82, 2.24) is 0 Å². The number of aromatic hydroxyl groups is 1. The molecule has 4 aromatic carbocycles. The van der Waals surface area contributed by atoms with Gasteiger partial charge in [0, 0.05) is 21.5 Å². The lowest BCUT2D eigenvalue weighted by Crippen LogP contribution is -2.24. The molecule has 0 atom stereocenters. The van der Waals surface area contributed by atoms with Gasteiger partial charge in [-0.05, 0) is 52.8 Å². The number of rotatable bonds is 3. The Kier molecular flexibility index (Phi) is 5.73. The normalized spacial score (nSPS) is 11.0. The standard InChI is InChI=1S/C25H18BrNO3S/c1-31(29,30)27(20-9-6-8-19(26)17-20)16-15-18-7-2-3-10-21(18)23-13-14-25(28)24-12-5-4-11-22(23)24/h2-14,17,28H,1H3. The Bertz CT molecular complexity index is 1450. The molecule has 0 aliphatic heterocycles. The largest absolute Gasteiger partial charge is 0.507 e. The minimum atomic E-state index is -3.62. The SMILES string of the molecule is CS(=O)(=O)N(C#Cc1ccccc1-c1ccc(O)c2ccccc12)c1cccc(Br)c1. The maximum atomic E-state index is 12.4. The lowest BCUT2D eigenvalue weighted by molar-refractivity contribution is 0.481. The topological polar surface area (TPSA) is 57.6 Å². The van der Waals surface area contributed by atoms with E-state index in [-0.39, 0.29) is 5.75 Å². The molecule has 0 aliphatic carbocycles. The van der Waals surface area contributed by atoms with Crippen molar-refractivity contribution in [2.75, 3.05) is 10.6 Å². The van der Waals surface area contributed by atoms with Gasteiger partial charge in [0.15, 0.2) is 0 Å². The third kappa shape index (κ3) is 4.43. The zero-order valence-corrected chi connectivity index (χ0v) is 19.0. The number of hydrogen-bond acceptors (Lipinski definition) is 3. The summed E-state index contributed by atoms with van der Waals surface area (Å²) < 4.78 is 26.7. The summed E-state index contributed by atoms with van der Waals surface area (Å²) in [4.78, 5) is 0.